The molecule has 5 N–H and O–H groups in total. The second-order valence-corrected chi connectivity index (χ2v) is 9.25. The minimum Gasteiger partial charge on any atom is -0.394 e. The monoisotopic (exact) mass is 460 g/mol. The Balaban J connectivity index is 2.10. The van der Waals surface area contributed by atoms with Crippen LogP contribution in [0.25, 0.3) is 0 Å². The molecule has 0 aromatic carbocycles. The Morgan fingerprint density at radius 3 is 1.97 bits per heavy atom. The predicted octanol–water partition coefficient (Wildman–Crippen LogP) is 3.06. The normalized spacial score (nSPS) is 28.3. The Kier molecular flexibility index (Phi) is 16.5. The molecule has 7 atom stereocenters. The van der Waals surface area contributed by atoms with Gasteiger partial charge in [-0.3, -0.25) is 0 Å². The second kappa shape index (κ2) is 17.9. The van der Waals surface area contributed by atoms with Crippen molar-refractivity contribution in [3.05, 3.63) is 12.2 Å². The van der Waals surface area contributed by atoms with E-state index in [9.17, 15) is 25.5 Å². The number of unbranched alkanes of at least 4 members (excludes halogenated alkanes) is 11. The minimum atomic E-state index is -1.46. The van der Waals surface area contributed by atoms with Gasteiger partial charge in [0, 0.05) is 5.92 Å². The molecule has 190 valence electrons. The van der Waals surface area contributed by atoms with Gasteiger partial charge in [-0.1, -0.05) is 90.2 Å². The molecule has 0 aromatic rings. The molecule has 0 unspecified atom stereocenters. The van der Waals surface area contributed by atoms with Crippen molar-refractivity contribution in [1.29, 1.82) is 0 Å². The highest BCUT2D eigenvalue weighted by Crippen LogP contribution is 2.23. The molecular weight excluding hydrogens is 412 g/mol. The van der Waals surface area contributed by atoms with E-state index < -0.39 is 43.4 Å². The first-order valence-electron chi connectivity index (χ1n) is 12.7. The molecule has 7 nitrogen and oxygen atoms in total. The third-order valence-corrected chi connectivity index (χ3v) is 6.26. The van der Waals surface area contributed by atoms with Gasteiger partial charge in [0.1, 0.15) is 24.4 Å². The lowest BCUT2D eigenvalue weighted by Gasteiger charge is -2.40. The van der Waals surface area contributed by atoms with Gasteiger partial charge in [0.15, 0.2) is 6.29 Å². The van der Waals surface area contributed by atoms with Crippen LogP contribution in [-0.2, 0) is 9.47 Å². The van der Waals surface area contributed by atoms with E-state index in [1.165, 1.54) is 64.2 Å². The van der Waals surface area contributed by atoms with Gasteiger partial charge in [-0.05, 0) is 12.8 Å². The van der Waals surface area contributed by atoms with Gasteiger partial charge >= 0.3 is 0 Å². The van der Waals surface area contributed by atoms with Gasteiger partial charge in [-0.15, -0.1) is 0 Å². The van der Waals surface area contributed by atoms with Gasteiger partial charge in [-0.25, -0.2) is 0 Å². The Bertz CT molecular complexity index is 471. The van der Waals surface area contributed by atoms with E-state index in [0.717, 1.165) is 12.8 Å². The number of allylic oxidation sites excluding steroid dienone is 1. The molecule has 0 spiro atoms. The van der Waals surface area contributed by atoms with E-state index in [0.29, 0.717) is 0 Å². The third kappa shape index (κ3) is 11.5. The molecule has 1 saturated heterocycles. The van der Waals surface area contributed by atoms with Crippen molar-refractivity contribution in [3.8, 4) is 0 Å². The van der Waals surface area contributed by atoms with Crippen LogP contribution in [0.15, 0.2) is 12.2 Å². The Morgan fingerprint density at radius 1 is 0.844 bits per heavy atom. The fourth-order valence-electron chi connectivity index (χ4n) is 3.90. The number of ether oxygens (including phenoxy) is 2. The molecule has 0 aromatic heterocycles. The number of rotatable bonds is 18. The Hall–Kier alpha value is -0.540. The number of aliphatic hydroxyl groups excluding tert-OH is 5. The standard InChI is InChI=1S/C25H48O7/c1-3-4-5-6-7-8-9-10-11-12-13-14-15-16-20(27)19(2)18-31-25-24(30)23(29)22(28)21(17-26)32-25/h15-16,19-30H,3-14,17-18H2,1-2H3/b16-15+/t19-,20+,21+,22+,23-,24+,25-/m0/s1. The van der Waals surface area contributed by atoms with Gasteiger partial charge in [0.05, 0.1) is 19.3 Å². The zero-order valence-corrected chi connectivity index (χ0v) is 20.1. The quantitative estimate of drug-likeness (QED) is 0.157. The zero-order chi connectivity index (χ0) is 23.8. The van der Waals surface area contributed by atoms with Crippen molar-refractivity contribution in [3.63, 3.8) is 0 Å². The van der Waals surface area contributed by atoms with E-state index in [2.05, 4.69) is 6.92 Å². The Morgan fingerprint density at radius 2 is 1.41 bits per heavy atom. The van der Waals surface area contributed by atoms with E-state index in [4.69, 9.17) is 9.47 Å². The van der Waals surface area contributed by atoms with Gasteiger partial charge in [0.25, 0.3) is 0 Å². The molecule has 0 aliphatic carbocycles. The van der Waals surface area contributed by atoms with Gasteiger partial charge < -0.3 is 35.0 Å². The molecule has 0 saturated carbocycles. The summed E-state index contributed by atoms with van der Waals surface area (Å²) in [6.45, 7) is 3.68. The van der Waals surface area contributed by atoms with Gasteiger partial charge in [0.2, 0.25) is 0 Å². The second-order valence-electron chi connectivity index (χ2n) is 9.25. The zero-order valence-electron chi connectivity index (χ0n) is 20.1. The average Bonchev–Trinajstić information content (AvgIpc) is 2.79. The Labute approximate surface area is 194 Å². The maximum absolute atomic E-state index is 10.3. The molecule has 0 amide bonds. The molecule has 0 bridgehead atoms. The molecule has 32 heavy (non-hydrogen) atoms. The van der Waals surface area contributed by atoms with Crippen LogP contribution in [0.1, 0.15) is 90.9 Å². The molecule has 7 heteroatoms. The topological polar surface area (TPSA) is 120 Å². The van der Waals surface area contributed by atoms with Crippen LogP contribution in [0.4, 0.5) is 0 Å². The fourth-order valence-corrected chi connectivity index (χ4v) is 3.90. The van der Waals surface area contributed by atoms with Crippen molar-refractivity contribution >= 4 is 0 Å². The molecule has 1 aliphatic rings. The van der Waals surface area contributed by atoms with Crippen molar-refractivity contribution in [2.45, 2.75) is 128 Å². The summed E-state index contributed by atoms with van der Waals surface area (Å²) in [5, 5.41) is 49.1. The lowest BCUT2D eigenvalue weighted by Crippen LogP contribution is -2.59. The highest BCUT2D eigenvalue weighted by atomic mass is 16.7. The van der Waals surface area contributed by atoms with Crippen LogP contribution in [-0.4, -0.2) is 75.6 Å². The first-order chi connectivity index (χ1) is 15.4. The van der Waals surface area contributed by atoms with E-state index in [1.807, 2.05) is 13.0 Å². The summed E-state index contributed by atoms with van der Waals surface area (Å²) in [6, 6.07) is 0. The lowest BCUT2D eigenvalue weighted by molar-refractivity contribution is -0.303. The summed E-state index contributed by atoms with van der Waals surface area (Å²) in [7, 11) is 0. The van der Waals surface area contributed by atoms with Crippen LogP contribution in [0.3, 0.4) is 0 Å². The van der Waals surface area contributed by atoms with E-state index in [-0.39, 0.29) is 12.5 Å². The van der Waals surface area contributed by atoms with Crippen LogP contribution in [0.5, 0.6) is 0 Å². The summed E-state index contributed by atoms with van der Waals surface area (Å²) in [5.74, 6) is -0.240. The first-order valence-corrected chi connectivity index (χ1v) is 12.7. The molecule has 1 aliphatic heterocycles. The smallest absolute Gasteiger partial charge is 0.186 e. The summed E-state index contributed by atoms with van der Waals surface area (Å²) in [6.07, 6.45) is 12.0. The molecule has 0 radical (unpaired) electrons. The van der Waals surface area contributed by atoms with E-state index >= 15 is 0 Å². The largest absolute Gasteiger partial charge is 0.394 e. The van der Waals surface area contributed by atoms with Gasteiger partial charge in [-0.2, -0.15) is 0 Å². The third-order valence-electron chi connectivity index (χ3n) is 6.26. The average molecular weight is 461 g/mol. The van der Waals surface area contributed by atoms with Crippen LogP contribution in [0, 0.1) is 5.92 Å². The first kappa shape index (κ1) is 29.5. The lowest BCUT2D eigenvalue weighted by atomic mass is 9.99. The SMILES string of the molecule is CCCCCCCCCCCCC/C=C/[C@@H](O)[C@@H](C)CO[C@H]1O[C@H](CO)[C@@H](O)[C@H](O)[C@H]1O. The maximum atomic E-state index is 10.3. The molecule has 1 fully saturated rings. The summed E-state index contributed by atoms with van der Waals surface area (Å²) in [5.41, 5.74) is 0. The number of hydrogen-bond acceptors (Lipinski definition) is 7. The molecule has 1 rings (SSSR count). The number of hydrogen-bond donors (Lipinski definition) is 5. The minimum absolute atomic E-state index is 0.104. The summed E-state index contributed by atoms with van der Waals surface area (Å²) < 4.78 is 10.8. The highest BCUT2D eigenvalue weighted by molar-refractivity contribution is 4.92. The van der Waals surface area contributed by atoms with Crippen molar-refractivity contribution in [1.82, 2.24) is 0 Å². The summed E-state index contributed by atoms with van der Waals surface area (Å²) >= 11 is 0. The van der Waals surface area contributed by atoms with Crippen molar-refractivity contribution < 1.29 is 35.0 Å². The fraction of sp³-hybridized carbons (Fsp3) is 0.920. The van der Waals surface area contributed by atoms with Crippen LogP contribution in [0.2, 0.25) is 0 Å². The maximum Gasteiger partial charge on any atom is 0.186 e. The van der Waals surface area contributed by atoms with Crippen molar-refractivity contribution in [2.24, 2.45) is 5.92 Å². The number of aliphatic hydroxyl groups is 5. The van der Waals surface area contributed by atoms with Crippen molar-refractivity contribution in [2.75, 3.05) is 13.2 Å². The molecule has 1 heterocycles. The predicted molar refractivity (Wildman–Crippen MR) is 125 cm³/mol. The molecular formula is C25H48O7. The van der Waals surface area contributed by atoms with Crippen LogP contribution < -0.4 is 0 Å². The summed E-state index contributed by atoms with van der Waals surface area (Å²) in [4.78, 5) is 0. The highest BCUT2D eigenvalue weighted by Gasteiger charge is 2.44. The van der Waals surface area contributed by atoms with Crippen LogP contribution >= 0.6 is 0 Å². The van der Waals surface area contributed by atoms with E-state index in [1.54, 1.807) is 6.08 Å².